The second-order valence-corrected chi connectivity index (χ2v) is 16.0. The second kappa shape index (κ2) is 12.7. The van der Waals surface area contributed by atoms with E-state index in [0.717, 1.165) is 5.69 Å². The van der Waals surface area contributed by atoms with Gasteiger partial charge in [-0.1, -0.05) is 133 Å². The van der Waals surface area contributed by atoms with E-state index in [1.807, 2.05) is 11.3 Å². The zero-order chi connectivity index (χ0) is 37.5. The van der Waals surface area contributed by atoms with Gasteiger partial charge >= 0.3 is 0 Å². The average molecular weight is 743 g/mol. The number of benzene rings is 9. The zero-order valence-electron chi connectivity index (χ0n) is 30.9. The van der Waals surface area contributed by atoms with Gasteiger partial charge in [0.2, 0.25) is 0 Å². The fourth-order valence-corrected chi connectivity index (χ4v) is 10.2. The van der Waals surface area contributed by atoms with Gasteiger partial charge in [-0.05, 0) is 106 Å². The lowest BCUT2D eigenvalue weighted by molar-refractivity contribution is 1.18. The summed E-state index contributed by atoms with van der Waals surface area (Å²) in [7, 11) is 0. The smallest absolute Gasteiger partial charge is 0.0547 e. The average Bonchev–Trinajstić information content (AvgIpc) is 3.94. The van der Waals surface area contributed by atoms with Gasteiger partial charge in [0.25, 0.3) is 0 Å². The molecule has 0 bridgehead atoms. The van der Waals surface area contributed by atoms with Crippen molar-refractivity contribution in [1.82, 2.24) is 9.13 Å². The lowest BCUT2D eigenvalue weighted by Crippen LogP contribution is -1.94. The van der Waals surface area contributed by atoms with Crippen LogP contribution in [0.4, 0.5) is 0 Å². The molecular weight excluding hydrogens is 709 g/mol. The maximum Gasteiger partial charge on any atom is 0.0547 e. The molecule has 0 spiro atoms. The summed E-state index contributed by atoms with van der Waals surface area (Å²) >= 11 is 1.86. The molecule has 12 rings (SSSR count). The summed E-state index contributed by atoms with van der Waals surface area (Å²) in [6.07, 6.45) is 0. The minimum Gasteiger partial charge on any atom is -0.309 e. The molecule has 0 unspecified atom stereocenters. The van der Waals surface area contributed by atoms with Crippen LogP contribution in [0.2, 0.25) is 0 Å². The number of hydrogen-bond donors (Lipinski definition) is 0. The first kappa shape index (κ1) is 32.1. The van der Waals surface area contributed by atoms with Crippen LogP contribution in [0.25, 0.3) is 109 Å². The Morgan fingerprint density at radius 2 is 0.842 bits per heavy atom. The Kier molecular flexibility index (Phi) is 7.13. The molecule has 0 amide bonds. The molecular formula is C54H34N2S. The minimum absolute atomic E-state index is 1.16. The van der Waals surface area contributed by atoms with Crippen molar-refractivity contribution >= 4 is 75.1 Å². The van der Waals surface area contributed by atoms with Crippen molar-refractivity contribution in [2.75, 3.05) is 0 Å². The summed E-state index contributed by atoms with van der Waals surface area (Å²) in [6, 6.07) is 75.7. The van der Waals surface area contributed by atoms with Crippen molar-refractivity contribution in [2.24, 2.45) is 0 Å². The molecule has 12 aromatic rings. The van der Waals surface area contributed by atoms with Crippen LogP contribution in [0.15, 0.2) is 206 Å². The summed E-state index contributed by atoms with van der Waals surface area (Å²) in [6.45, 7) is 0. The first-order valence-electron chi connectivity index (χ1n) is 19.5. The maximum absolute atomic E-state index is 2.47. The molecule has 0 saturated heterocycles. The van der Waals surface area contributed by atoms with E-state index in [4.69, 9.17) is 0 Å². The molecule has 9 aromatic carbocycles. The topological polar surface area (TPSA) is 9.86 Å². The molecule has 0 N–H and O–H groups in total. The third kappa shape index (κ3) is 5.03. The normalized spacial score (nSPS) is 11.9. The number of nitrogens with zero attached hydrogens (tertiary/aromatic N) is 2. The van der Waals surface area contributed by atoms with Crippen molar-refractivity contribution in [3.8, 4) is 44.8 Å². The molecule has 3 heteroatoms. The Hall–Kier alpha value is -7.20. The standard InChI is InChI=1S/C54H34N2S/c1-3-13-35(14-4-1)37-17-11-18-40(31-37)55-48-22-9-7-19-43(48)45-32-38(25-28-49(45)55)39-26-29-50-47(33-39)54-42(36-15-5-2-6-16-36)21-12-23-51(54)56(50)41-27-30-53-46(34-41)44-20-8-10-24-52(44)57-53/h1-34H. The predicted molar refractivity (Wildman–Crippen MR) is 244 cm³/mol. The van der Waals surface area contributed by atoms with Gasteiger partial charge < -0.3 is 9.13 Å². The van der Waals surface area contributed by atoms with Gasteiger partial charge in [0.15, 0.2) is 0 Å². The fourth-order valence-electron chi connectivity index (χ4n) is 9.13. The summed E-state index contributed by atoms with van der Waals surface area (Å²) in [5.74, 6) is 0. The Balaban J connectivity index is 1.07. The highest BCUT2D eigenvalue weighted by atomic mass is 32.1. The lowest BCUT2D eigenvalue weighted by Gasteiger charge is -2.11. The van der Waals surface area contributed by atoms with E-state index in [2.05, 4.69) is 215 Å². The van der Waals surface area contributed by atoms with Crippen LogP contribution >= 0.6 is 11.3 Å². The molecule has 0 radical (unpaired) electrons. The minimum atomic E-state index is 1.16. The Morgan fingerprint density at radius 1 is 0.281 bits per heavy atom. The van der Waals surface area contributed by atoms with E-state index < -0.39 is 0 Å². The van der Waals surface area contributed by atoms with Crippen LogP contribution in [-0.4, -0.2) is 9.13 Å². The molecule has 3 aromatic heterocycles. The highest BCUT2D eigenvalue weighted by Gasteiger charge is 2.19. The van der Waals surface area contributed by atoms with Crippen LogP contribution in [0.3, 0.4) is 0 Å². The van der Waals surface area contributed by atoms with Crippen LogP contribution in [0.1, 0.15) is 0 Å². The number of thiophene rings is 1. The zero-order valence-corrected chi connectivity index (χ0v) is 31.7. The van der Waals surface area contributed by atoms with E-state index in [-0.39, 0.29) is 0 Å². The lowest BCUT2D eigenvalue weighted by atomic mass is 9.97. The van der Waals surface area contributed by atoms with Gasteiger partial charge in [-0.15, -0.1) is 11.3 Å². The molecule has 266 valence electrons. The van der Waals surface area contributed by atoms with E-state index in [1.54, 1.807) is 0 Å². The van der Waals surface area contributed by atoms with E-state index >= 15 is 0 Å². The van der Waals surface area contributed by atoms with Gasteiger partial charge in [0.1, 0.15) is 0 Å². The number of hydrogen-bond acceptors (Lipinski definition) is 1. The Labute approximate surface area is 333 Å². The monoisotopic (exact) mass is 742 g/mol. The third-order valence-electron chi connectivity index (χ3n) is 11.7. The first-order valence-corrected chi connectivity index (χ1v) is 20.3. The Morgan fingerprint density at radius 3 is 1.67 bits per heavy atom. The van der Waals surface area contributed by atoms with Gasteiger partial charge in [0, 0.05) is 53.1 Å². The first-order chi connectivity index (χ1) is 28.3. The fraction of sp³-hybridized carbons (Fsp3) is 0. The van der Waals surface area contributed by atoms with Crippen LogP contribution < -0.4 is 0 Å². The van der Waals surface area contributed by atoms with E-state index in [0.29, 0.717) is 0 Å². The quantitative estimate of drug-likeness (QED) is 0.166. The second-order valence-electron chi connectivity index (χ2n) is 14.9. The van der Waals surface area contributed by atoms with Crippen molar-refractivity contribution in [3.63, 3.8) is 0 Å². The van der Waals surface area contributed by atoms with E-state index in [1.165, 1.54) is 103 Å². The molecule has 2 nitrogen and oxygen atoms in total. The molecule has 57 heavy (non-hydrogen) atoms. The van der Waals surface area contributed by atoms with E-state index in [9.17, 15) is 0 Å². The highest BCUT2D eigenvalue weighted by molar-refractivity contribution is 7.25. The van der Waals surface area contributed by atoms with Crippen molar-refractivity contribution in [2.45, 2.75) is 0 Å². The molecule has 0 saturated carbocycles. The largest absolute Gasteiger partial charge is 0.309 e. The van der Waals surface area contributed by atoms with Crippen LogP contribution in [0, 0.1) is 0 Å². The molecule has 0 atom stereocenters. The highest BCUT2D eigenvalue weighted by Crippen LogP contribution is 2.43. The summed E-state index contributed by atoms with van der Waals surface area (Å²) in [5, 5.41) is 7.63. The van der Waals surface area contributed by atoms with Gasteiger partial charge in [-0.25, -0.2) is 0 Å². The summed E-state index contributed by atoms with van der Waals surface area (Å²) in [5.41, 5.74) is 14.4. The van der Waals surface area contributed by atoms with Crippen LogP contribution in [-0.2, 0) is 0 Å². The van der Waals surface area contributed by atoms with Gasteiger partial charge in [-0.3, -0.25) is 0 Å². The third-order valence-corrected chi connectivity index (χ3v) is 12.9. The summed E-state index contributed by atoms with van der Waals surface area (Å²) in [4.78, 5) is 0. The molecule has 3 heterocycles. The molecule has 0 aliphatic heterocycles. The number of para-hydroxylation sites is 1. The van der Waals surface area contributed by atoms with Crippen LogP contribution in [0.5, 0.6) is 0 Å². The molecule has 0 aliphatic carbocycles. The molecule has 0 aliphatic rings. The van der Waals surface area contributed by atoms with Gasteiger partial charge in [0.05, 0.1) is 22.1 Å². The number of aromatic nitrogens is 2. The predicted octanol–water partition coefficient (Wildman–Crippen LogP) is 15.2. The van der Waals surface area contributed by atoms with Gasteiger partial charge in [-0.2, -0.15) is 0 Å². The SMILES string of the molecule is c1ccc(-c2cccc(-n3c4ccccc4c4cc(-c5ccc6c(c5)c5c(-c7ccccc7)cccc5n6-c5ccc6sc7ccccc7c6c5)ccc43)c2)cc1. The van der Waals surface area contributed by atoms with Crippen molar-refractivity contribution in [1.29, 1.82) is 0 Å². The maximum atomic E-state index is 2.47. The Bertz CT molecular complexity index is 3510. The number of fused-ring (bicyclic) bond motifs is 9. The summed E-state index contributed by atoms with van der Waals surface area (Å²) < 4.78 is 7.52. The van der Waals surface area contributed by atoms with Crippen molar-refractivity contribution in [3.05, 3.63) is 206 Å². The van der Waals surface area contributed by atoms with Crippen molar-refractivity contribution < 1.29 is 0 Å². The number of rotatable bonds is 5. The molecule has 0 fully saturated rings.